The van der Waals surface area contributed by atoms with Gasteiger partial charge in [-0.15, -0.1) is 13.2 Å². The molecule has 2 N–H and O–H groups in total. The second-order valence-electron chi connectivity index (χ2n) is 11.9. The number of alkyl halides is 3. The van der Waals surface area contributed by atoms with Gasteiger partial charge < -0.3 is 24.8 Å². The van der Waals surface area contributed by atoms with Gasteiger partial charge >= 0.3 is 6.36 Å². The van der Waals surface area contributed by atoms with Crippen molar-refractivity contribution in [3.8, 4) is 28.1 Å². The maximum Gasteiger partial charge on any atom is 0.573 e. The number of piperazine rings is 1. The zero-order chi connectivity index (χ0) is 35.3. The summed E-state index contributed by atoms with van der Waals surface area (Å²) in [6.07, 6.45) is -0.0289. The number of carbonyl (C=O) groups is 2. The summed E-state index contributed by atoms with van der Waals surface area (Å²) >= 11 is 4.57. The number of nitrogens with one attached hydrogen (secondary N) is 2. The summed E-state index contributed by atoms with van der Waals surface area (Å²) in [5.41, 5.74) is 3.31. The number of halogens is 3. The summed E-state index contributed by atoms with van der Waals surface area (Å²) in [6, 6.07) is 13.2. The van der Waals surface area contributed by atoms with Crippen molar-refractivity contribution in [2.45, 2.75) is 46.5 Å². The van der Waals surface area contributed by atoms with Gasteiger partial charge in [0.2, 0.25) is 6.41 Å². The molecule has 260 valence electrons. The fourth-order valence-electron chi connectivity index (χ4n) is 5.97. The van der Waals surface area contributed by atoms with Gasteiger partial charge in [-0.05, 0) is 54.2 Å². The molecule has 10 nitrogen and oxygen atoms in total. The van der Waals surface area contributed by atoms with E-state index in [-0.39, 0.29) is 22.9 Å². The molecule has 2 aromatic heterocycles. The lowest BCUT2D eigenvalue weighted by Gasteiger charge is -2.33. The molecule has 0 saturated carbocycles. The first-order valence-electron chi connectivity index (χ1n) is 16.2. The Morgan fingerprint density at radius 2 is 1.71 bits per heavy atom. The zero-order valence-electron chi connectivity index (χ0n) is 27.8. The lowest BCUT2D eigenvalue weighted by atomic mass is 9.99. The summed E-state index contributed by atoms with van der Waals surface area (Å²) in [7, 11) is 0. The number of imidazole rings is 1. The summed E-state index contributed by atoms with van der Waals surface area (Å²) in [5.74, 6) is 1.02. The molecule has 14 heteroatoms. The van der Waals surface area contributed by atoms with Crippen LogP contribution in [0, 0.1) is 12.8 Å². The Morgan fingerprint density at radius 1 is 1.02 bits per heavy atom. The minimum Gasteiger partial charge on any atom is -0.405 e. The molecule has 2 amide bonds. The van der Waals surface area contributed by atoms with E-state index in [4.69, 9.17) is 0 Å². The number of nitrogens with zero attached hydrogens (tertiary/aromatic N) is 5. The van der Waals surface area contributed by atoms with Crippen LogP contribution in [0.1, 0.15) is 55.0 Å². The van der Waals surface area contributed by atoms with Crippen LogP contribution in [0.25, 0.3) is 22.4 Å². The van der Waals surface area contributed by atoms with Crippen LogP contribution in [0.15, 0.2) is 60.9 Å². The molecule has 49 heavy (non-hydrogen) atoms. The van der Waals surface area contributed by atoms with Crippen LogP contribution in [-0.4, -0.2) is 75.6 Å². The van der Waals surface area contributed by atoms with Crippen molar-refractivity contribution in [2.24, 2.45) is 5.92 Å². The van der Waals surface area contributed by atoms with Crippen molar-refractivity contribution in [3.63, 3.8) is 0 Å². The van der Waals surface area contributed by atoms with Crippen molar-refractivity contribution < 1.29 is 27.5 Å². The number of amides is 2. The number of aryl methyl sites for hydroxylation is 1. The number of carbonyl (C=O) groups excluding carboxylic acids is 2. The number of pyridine rings is 1. The number of H-pyrrole nitrogens is 1. The van der Waals surface area contributed by atoms with Gasteiger partial charge in [0.25, 0.3) is 5.91 Å². The maximum atomic E-state index is 13.5. The number of ether oxygens (including phenoxy) is 1. The SMILES string of the molecule is CC.Cc1cc(-c2ccc(-c3cnc(C4CC(C)CN4S)[nH]3)cc2)c(OC(F)(F)F)cc1NC(=O)c1ccc(N2CCN(C=O)CC2)nc1. The van der Waals surface area contributed by atoms with E-state index in [0.29, 0.717) is 49.0 Å². The molecule has 0 bridgehead atoms. The van der Waals surface area contributed by atoms with E-state index >= 15 is 0 Å². The molecule has 2 saturated heterocycles. The quantitative estimate of drug-likeness (QED) is 0.133. The number of rotatable bonds is 8. The number of thiol groups is 1. The minimum atomic E-state index is -4.95. The van der Waals surface area contributed by atoms with Gasteiger partial charge in [-0.3, -0.25) is 9.59 Å². The van der Waals surface area contributed by atoms with Crippen molar-refractivity contribution in [1.82, 2.24) is 24.2 Å². The number of benzene rings is 2. The summed E-state index contributed by atoms with van der Waals surface area (Å²) in [4.78, 5) is 40.0. The largest absolute Gasteiger partial charge is 0.573 e. The van der Waals surface area contributed by atoms with Gasteiger partial charge in [-0.1, -0.05) is 57.9 Å². The van der Waals surface area contributed by atoms with Crippen molar-refractivity contribution in [1.29, 1.82) is 0 Å². The Bertz CT molecular complexity index is 1740. The van der Waals surface area contributed by atoms with Gasteiger partial charge in [0.05, 0.1) is 23.5 Å². The Hall–Kier alpha value is -4.56. The number of anilines is 2. The van der Waals surface area contributed by atoms with Gasteiger partial charge in [0, 0.05) is 56.2 Å². The number of hydrogen-bond donors (Lipinski definition) is 3. The Balaban J connectivity index is 0.00000230. The molecule has 2 atom stereocenters. The van der Waals surface area contributed by atoms with Gasteiger partial charge in [-0.2, -0.15) is 0 Å². The molecule has 4 heterocycles. The predicted octanol–water partition coefficient (Wildman–Crippen LogP) is 7.13. The normalized spacial score (nSPS) is 18.1. The third kappa shape index (κ3) is 8.54. The summed E-state index contributed by atoms with van der Waals surface area (Å²) in [5, 5.41) is 2.70. The first-order valence-corrected chi connectivity index (χ1v) is 16.6. The molecule has 0 radical (unpaired) electrons. The Labute approximate surface area is 289 Å². The van der Waals surface area contributed by atoms with E-state index < -0.39 is 18.0 Å². The van der Waals surface area contributed by atoms with Crippen molar-refractivity contribution in [3.05, 3.63) is 77.9 Å². The highest BCUT2D eigenvalue weighted by Gasteiger charge is 2.33. The van der Waals surface area contributed by atoms with E-state index in [2.05, 4.69) is 44.7 Å². The molecule has 4 aromatic rings. The molecular weight excluding hydrogens is 655 g/mol. The Kier molecular flexibility index (Phi) is 11.2. The summed E-state index contributed by atoms with van der Waals surface area (Å²) in [6.45, 7) is 11.1. The average molecular weight is 696 g/mol. The van der Waals surface area contributed by atoms with E-state index in [1.165, 1.54) is 12.3 Å². The number of hydrogen-bond acceptors (Lipinski definition) is 8. The topological polar surface area (TPSA) is 107 Å². The molecule has 2 aliphatic rings. The number of aromatic nitrogens is 3. The van der Waals surface area contributed by atoms with Gasteiger partial charge in [-0.25, -0.2) is 14.3 Å². The average Bonchev–Trinajstić information content (AvgIpc) is 3.72. The zero-order valence-corrected chi connectivity index (χ0v) is 28.7. The maximum absolute atomic E-state index is 13.5. The third-order valence-corrected chi connectivity index (χ3v) is 8.94. The molecule has 0 spiro atoms. The van der Waals surface area contributed by atoms with Crippen LogP contribution < -0.4 is 15.0 Å². The van der Waals surface area contributed by atoms with E-state index in [1.54, 1.807) is 48.4 Å². The first kappa shape index (κ1) is 35.7. The molecule has 2 unspecified atom stereocenters. The highest BCUT2D eigenvalue weighted by atomic mass is 32.1. The van der Waals surface area contributed by atoms with Crippen LogP contribution in [0.5, 0.6) is 5.75 Å². The highest BCUT2D eigenvalue weighted by molar-refractivity contribution is 7.77. The van der Waals surface area contributed by atoms with Crippen LogP contribution in [0.4, 0.5) is 24.7 Å². The van der Waals surface area contributed by atoms with E-state index in [0.717, 1.165) is 36.5 Å². The molecule has 2 fully saturated rings. The van der Waals surface area contributed by atoms with Crippen LogP contribution in [0.2, 0.25) is 0 Å². The molecule has 0 aliphatic carbocycles. The second-order valence-corrected chi connectivity index (χ2v) is 12.5. The second kappa shape index (κ2) is 15.3. The van der Waals surface area contributed by atoms with Crippen molar-refractivity contribution in [2.75, 3.05) is 42.9 Å². The molecular formula is C35H40F3N7O3S. The molecule has 2 aliphatic heterocycles. The van der Waals surface area contributed by atoms with Crippen LogP contribution in [0.3, 0.4) is 0 Å². The fraction of sp³-hybridized carbons (Fsp3) is 0.371. The van der Waals surface area contributed by atoms with E-state index in [9.17, 15) is 22.8 Å². The minimum absolute atomic E-state index is 0.0810. The smallest absolute Gasteiger partial charge is 0.405 e. The summed E-state index contributed by atoms with van der Waals surface area (Å²) < 4.78 is 47.0. The van der Waals surface area contributed by atoms with Crippen LogP contribution in [-0.2, 0) is 4.79 Å². The molecule has 2 aromatic carbocycles. The van der Waals surface area contributed by atoms with Crippen LogP contribution >= 0.6 is 12.8 Å². The monoisotopic (exact) mass is 695 g/mol. The first-order chi connectivity index (χ1) is 23.5. The van der Waals surface area contributed by atoms with E-state index in [1.807, 2.05) is 35.2 Å². The lowest BCUT2D eigenvalue weighted by Crippen LogP contribution is -2.46. The van der Waals surface area contributed by atoms with Gasteiger partial charge in [0.1, 0.15) is 17.4 Å². The standard InChI is InChI=1S/C33H34F3N7O3S.C2H6/c1-20-13-28(43(47)18-20)31-38-17-27(39-31)23-5-3-22(4-6-23)25-14-21(2)26(15-29(25)46-33(34,35)36)40-32(45)24-7-8-30(37-16-24)42-11-9-41(19-44)10-12-42;1-2/h3-8,14-17,19-20,28,47H,9-13,18H2,1-2H3,(H,38,39)(H,40,45);1-2H3. The number of aromatic amines is 1. The lowest BCUT2D eigenvalue weighted by molar-refractivity contribution is -0.274. The van der Waals surface area contributed by atoms with Crippen molar-refractivity contribution >= 4 is 36.6 Å². The predicted molar refractivity (Wildman–Crippen MR) is 186 cm³/mol. The Morgan fingerprint density at radius 3 is 2.31 bits per heavy atom. The third-order valence-electron chi connectivity index (χ3n) is 8.50. The molecule has 6 rings (SSSR count). The fourth-order valence-corrected chi connectivity index (χ4v) is 6.46. The highest BCUT2D eigenvalue weighted by Crippen LogP contribution is 2.39. The van der Waals surface area contributed by atoms with Gasteiger partial charge in [0.15, 0.2) is 0 Å².